The van der Waals surface area contributed by atoms with E-state index in [4.69, 9.17) is 0 Å². The molecule has 0 aliphatic rings. The van der Waals surface area contributed by atoms with Crippen LogP contribution < -0.4 is 5.32 Å². The normalized spacial score (nSPS) is 12.3. The second-order valence-electron chi connectivity index (χ2n) is 4.52. The summed E-state index contributed by atoms with van der Waals surface area (Å²) in [6, 6.07) is 14.6. The number of hydrogen-bond donors (Lipinski definition) is 2. The summed E-state index contributed by atoms with van der Waals surface area (Å²) >= 11 is 0. The monoisotopic (exact) mass is 252 g/mol. The predicted octanol–water partition coefficient (Wildman–Crippen LogP) is 3.37. The summed E-state index contributed by atoms with van der Waals surface area (Å²) in [4.78, 5) is 0. The third-order valence-electron chi connectivity index (χ3n) is 3.12. The van der Waals surface area contributed by atoms with Gasteiger partial charge in [0.15, 0.2) is 0 Å². The molecule has 2 heterocycles. The van der Waals surface area contributed by atoms with Crippen LogP contribution in [-0.2, 0) is 0 Å². The highest BCUT2D eigenvalue weighted by atomic mass is 15.1. The van der Waals surface area contributed by atoms with Crippen LogP contribution >= 0.6 is 0 Å². The number of rotatable bonds is 4. The number of nitrogens with one attached hydrogen (secondary N) is 2. The molecule has 0 spiro atoms. The van der Waals surface area contributed by atoms with Gasteiger partial charge in [-0.2, -0.15) is 5.10 Å². The van der Waals surface area contributed by atoms with Crippen LogP contribution in [0.4, 0.5) is 5.69 Å². The van der Waals surface area contributed by atoms with Crippen molar-refractivity contribution in [2.45, 2.75) is 13.0 Å². The zero-order chi connectivity index (χ0) is 13.1. The Bertz CT molecular complexity index is 626. The molecule has 0 aliphatic carbocycles. The summed E-state index contributed by atoms with van der Waals surface area (Å²) in [6.45, 7) is 2.11. The van der Waals surface area contributed by atoms with E-state index in [0.29, 0.717) is 0 Å². The summed E-state index contributed by atoms with van der Waals surface area (Å²) in [5, 5.41) is 10.4. The minimum absolute atomic E-state index is 0.197. The Kier molecular flexibility index (Phi) is 3.06. The van der Waals surface area contributed by atoms with E-state index in [9.17, 15) is 0 Å². The molecule has 4 nitrogen and oxygen atoms in total. The third kappa shape index (κ3) is 2.52. The van der Waals surface area contributed by atoms with E-state index in [1.54, 1.807) is 6.20 Å². The minimum Gasteiger partial charge on any atom is -0.377 e. The van der Waals surface area contributed by atoms with Gasteiger partial charge < -0.3 is 9.88 Å². The first kappa shape index (κ1) is 11.6. The van der Waals surface area contributed by atoms with E-state index < -0.39 is 0 Å². The average Bonchev–Trinajstić information content (AvgIpc) is 3.13. The second-order valence-corrected chi connectivity index (χ2v) is 4.52. The standard InChI is InChI=1S/C15H16N4/c1-12(15-7-8-16-18-15)17-13-5-4-6-14(11-13)19-9-2-3-10-19/h2-12,17H,1H3,(H,16,18). The summed E-state index contributed by atoms with van der Waals surface area (Å²) in [6.07, 6.45) is 5.85. The van der Waals surface area contributed by atoms with E-state index in [2.05, 4.69) is 51.3 Å². The molecule has 4 heteroatoms. The van der Waals surface area contributed by atoms with Gasteiger partial charge in [0, 0.05) is 30.0 Å². The van der Waals surface area contributed by atoms with Crippen molar-refractivity contribution in [3.8, 4) is 5.69 Å². The van der Waals surface area contributed by atoms with Gasteiger partial charge in [0.25, 0.3) is 0 Å². The molecule has 3 rings (SSSR count). The Morgan fingerprint density at radius 3 is 2.74 bits per heavy atom. The molecule has 96 valence electrons. The Morgan fingerprint density at radius 1 is 1.16 bits per heavy atom. The molecule has 1 atom stereocenters. The fourth-order valence-electron chi connectivity index (χ4n) is 2.10. The van der Waals surface area contributed by atoms with E-state index >= 15 is 0 Å². The third-order valence-corrected chi connectivity index (χ3v) is 3.12. The molecule has 1 unspecified atom stereocenters. The molecular weight excluding hydrogens is 236 g/mol. The minimum atomic E-state index is 0.197. The van der Waals surface area contributed by atoms with Gasteiger partial charge in [-0.25, -0.2) is 0 Å². The summed E-state index contributed by atoms with van der Waals surface area (Å²) in [5.41, 5.74) is 3.31. The van der Waals surface area contributed by atoms with Crippen molar-refractivity contribution >= 4 is 5.69 Å². The van der Waals surface area contributed by atoms with Crippen LogP contribution in [0.3, 0.4) is 0 Å². The van der Waals surface area contributed by atoms with Crippen molar-refractivity contribution < 1.29 is 0 Å². The molecular formula is C15H16N4. The van der Waals surface area contributed by atoms with E-state index in [-0.39, 0.29) is 6.04 Å². The first-order valence-electron chi connectivity index (χ1n) is 6.32. The lowest BCUT2D eigenvalue weighted by molar-refractivity contribution is 0.825. The Morgan fingerprint density at radius 2 is 2.00 bits per heavy atom. The zero-order valence-corrected chi connectivity index (χ0v) is 10.7. The van der Waals surface area contributed by atoms with Crippen LogP contribution in [0, 0.1) is 0 Å². The van der Waals surface area contributed by atoms with Gasteiger partial charge in [-0.15, -0.1) is 0 Å². The Labute approximate surface area is 112 Å². The highest BCUT2D eigenvalue weighted by molar-refractivity contribution is 5.52. The van der Waals surface area contributed by atoms with Crippen LogP contribution in [0.2, 0.25) is 0 Å². The molecule has 2 N–H and O–H groups in total. The van der Waals surface area contributed by atoms with E-state index in [0.717, 1.165) is 17.1 Å². The van der Waals surface area contributed by atoms with Crippen molar-refractivity contribution in [1.29, 1.82) is 0 Å². The number of aromatic amines is 1. The maximum atomic E-state index is 3.97. The number of aromatic nitrogens is 3. The van der Waals surface area contributed by atoms with Crippen LogP contribution in [0.25, 0.3) is 5.69 Å². The number of hydrogen-bond acceptors (Lipinski definition) is 2. The summed E-state index contributed by atoms with van der Waals surface area (Å²) in [7, 11) is 0. The van der Waals surface area contributed by atoms with Crippen molar-refractivity contribution in [3.63, 3.8) is 0 Å². The fraction of sp³-hybridized carbons (Fsp3) is 0.133. The predicted molar refractivity (Wildman–Crippen MR) is 76.4 cm³/mol. The van der Waals surface area contributed by atoms with Gasteiger partial charge in [0.2, 0.25) is 0 Å². The highest BCUT2D eigenvalue weighted by Gasteiger charge is 2.06. The van der Waals surface area contributed by atoms with Crippen molar-refractivity contribution in [2.24, 2.45) is 0 Å². The molecule has 0 saturated heterocycles. The summed E-state index contributed by atoms with van der Waals surface area (Å²) in [5.74, 6) is 0. The SMILES string of the molecule is CC(Nc1cccc(-n2cccc2)c1)c1ccn[nH]1. The molecule has 0 amide bonds. The molecule has 2 aromatic heterocycles. The van der Waals surface area contributed by atoms with Crippen LogP contribution in [0.15, 0.2) is 61.1 Å². The van der Waals surface area contributed by atoms with Gasteiger partial charge in [0.1, 0.15) is 0 Å². The lowest BCUT2D eigenvalue weighted by Gasteiger charge is -2.14. The smallest absolute Gasteiger partial charge is 0.0651 e. The van der Waals surface area contributed by atoms with Crippen LogP contribution in [0.1, 0.15) is 18.7 Å². The molecule has 3 aromatic rings. The zero-order valence-electron chi connectivity index (χ0n) is 10.7. The molecule has 0 saturated carbocycles. The van der Waals surface area contributed by atoms with Crippen LogP contribution in [0.5, 0.6) is 0 Å². The first-order valence-corrected chi connectivity index (χ1v) is 6.32. The van der Waals surface area contributed by atoms with Crippen molar-refractivity contribution in [2.75, 3.05) is 5.32 Å². The largest absolute Gasteiger partial charge is 0.377 e. The van der Waals surface area contributed by atoms with Gasteiger partial charge in [-0.1, -0.05) is 6.07 Å². The maximum Gasteiger partial charge on any atom is 0.0651 e. The Hall–Kier alpha value is -2.49. The Balaban J connectivity index is 1.80. The number of anilines is 1. The molecule has 0 bridgehead atoms. The first-order chi connectivity index (χ1) is 9.33. The topological polar surface area (TPSA) is 45.6 Å². The average molecular weight is 252 g/mol. The molecule has 0 fully saturated rings. The molecule has 1 aromatic carbocycles. The van der Waals surface area contributed by atoms with Gasteiger partial charge >= 0.3 is 0 Å². The van der Waals surface area contributed by atoms with Gasteiger partial charge in [-0.3, -0.25) is 5.10 Å². The molecule has 0 radical (unpaired) electrons. The fourth-order valence-corrected chi connectivity index (χ4v) is 2.10. The number of benzene rings is 1. The van der Waals surface area contributed by atoms with Crippen molar-refractivity contribution in [3.05, 3.63) is 66.7 Å². The summed E-state index contributed by atoms with van der Waals surface area (Å²) < 4.78 is 2.09. The lowest BCUT2D eigenvalue weighted by Crippen LogP contribution is -2.07. The number of nitrogens with zero attached hydrogens (tertiary/aromatic N) is 2. The van der Waals surface area contributed by atoms with E-state index in [1.807, 2.05) is 30.6 Å². The maximum absolute atomic E-state index is 3.97. The van der Waals surface area contributed by atoms with E-state index in [1.165, 1.54) is 0 Å². The highest BCUT2D eigenvalue weighted by Crippen LogP contribution is 2.20. The lowest BCUT2D eigenvalue weighted by atomic mass is 10.2. The van der Waals surface area contributed by atoms with Crippen molar-refractivity contribution in [1.82, 2.24) is 14.8 Å². The second kappa shape index (κ2) is 5.02. The number of H-pyrrole nitrogens is 1. The van der Waals surface area contributed by atoms with Gasteiger partial charge in [0.05, 0.1) is 11.7 Å². The van der Waals surface area contributed by atoms with Gasteiger partial charge in [-0.05, 0) is 43.3 Å². The van der Waals surface area contributed by atoms with Crippen LogP contribution in [-0.4, -0.2) is 14.8 Å². The molecule has 0 aliphatic heterocycles. The molecule has 19 heavy (non-hydrogen) atoms. The quantitative estimate of drug-likeness (QED) is 0.747.